The summed E-state index contributed by atoms with van der Waals surface area (Å²) in [7, 11) is 0. The van der Waals surface area contributed by atoms with Crippen molar-refractivity contribution in [3.63, 3.8) is 0 Å². The highest BCUT2D eigenvalue weighted by Gasteiger charge is 2.27. The van der Waals surface area contributed by atoms with Crippen LogP contribution in [-0.4, -0.2) is 21.9 Å². The molecule has 0 fully saturated rings. The van der Waals surface area contributed by atoms with Gasteiger partial charge in [-0.3, -0.25) is 4.79 Å². The number of hydrogen-bond donors (Lipinski definition) is 1. The van der Waals surface area contributed by atoms with E-state index in [1.54, 1.807) is 0 Å². The lowest BCUT2D eigenvalue weighted by Crippen LogP contribution is -2.21. The van der Waals surface area contributed by atoms with Gasteiger partial charge in [0.05, 0.1) is 5.76 Å². The van der Waals surface area contributed by atoms with Crippen LogP contribution in [0.4, 0.5) is 0 Å². The molecule has 0 saturated carbocycles. The monoisotopic (exact) mass is 256 g/mol. The van der Waals surface area contributed by atoms with Gasteiger partial charge in [-0.2, -0.15) is 11.8 Å². The number of aliphatic hydroxyl groups is 1. The zero-order valence-corrected chi connectivity index (χ0v) is 12.0. The van der Waals surface area contributed by atoms with Crippen molar-refractivity contribution in [2.24, 2.45) is 5.92 Å². The van der Waals surface area contributed by atoms with Crippen LogP contribution in [0.2, 0.25) is 0 Å². The Kier molecular flexibility index (Phi) is 6.10. The lowest BCUT2D eigenvalue weighted by Gasteiger charge is -2.25. The van der Waals surface area contributed by atoms with Gasteiger partial charge in [0.1, 0.15) is 0 Å². The topological polar surface area (TPSA) is 37.3 Å². The molecule has 98 valence electrons. The SMILES string of the molecule is CCCC1=C(O)CC(CC(C)SCC)CC1=O. The van der Waals surface area contributed by atoms with E-state index >= 15 is 0 Å². The third-order valence-electron chi connectivity index (χ3n) is 3.26. The molecule has 2 unspecified atom stereocenters. The summed E-state index contributed by atoms with van der Waals surface area (Å²) in [4.78, 5) is 11.9. The lowest BCUT2D eigenvalue weighted by molar-refractivity contribution is -0.117. The first-order valence-electron chi connectivity index (χ1n) is 6.64. The van der Waals surface area contributed by atoms with Gasteiger partial charge in [0.25, 0.3) is 0 Å². The Morgan fingerprint density at radius 1 is 1.41 bits per heavy atom. The average Bonchev–Trinajstić information content (AvgIpc) is 2.23. The third kappa shape index (κ3) is 4.38. The summed E-state index contributed by atoms with van der Waals surface area (Å²) >= 11 is 1.93. The molecule has 17 heavy (non-hydrogen) atoms. The molecular weight excluding hydrogens is 232 g/mol. The molecule has 0 aromatic heterocycles. The number of rotatable bonds is 6. The molecule has 0 heterocycles. The standard InChI is InChI=1S/C14H24O2S/c1-4-6-12-13(15)8-11(9-14(12)16)7-10(3)17-5-2/h10-11,15H,4-9H2,1-3H3. The summed E-state index contributed by atoms with van der Waals surface area (Å²) in [6, 6.07) is 0. The third-order valence-corrected chi connectivity index (χ3v) is 4.35. The minimum atomic E-state index is 0.175. The highest BCUT2D eigenvalue weighted by atomic mass is 32.2. The zero-order valence-electron chi connectivity index (χ0n) is 11.2. The van der Waals surface area contributed by atoms with Crippen LogP contribution >= 0.6 is 11.8 Å². The van der Waals surface area contributed by atoms with E-state index < -0.39 is 0 Å². The number of thioether (sulfide) groups is 1. The Balaban J connectivity index is 2.57. The van der Waals surface area contributed by atoms with E-state index in [1.807, 2.05) is 18.7 Å². The Morgan fingerprint density at radius 2 is 2.12 bits per heavy atom. The maximum atomic E-state index is 11.9. The zero-order chi connectivity index (χ0) is 12.8. The summed E-state index contributed by atoms with van der Waals surface area (Å²) in [6.07, 6.45) is 4.03. The molecule has 0 spiro atoms. The van der Waals surface area contributed by atoms with Gasteiger partial charge in [0, 0.05) is 23.7 Å². The maximum Gasteiger partial charge on any atom is 0.162 e. The molecule has 0 aromatic rings. The van der Waals surface area contributed by atoms with Crippen LogP contribution < -0.4 is 0 Å². The highest BCUT2D eigenvalue weighted by molar-refractivity contribution is 7.99. The minimum Gasteiger partial charge on any atom is -0.512 e. The predicted octanol–water partition coefficient (Wildman–Crippen LogP) is 4.11. The molecule has 2 nitrogen and oxygen atoms in total. The fraction of sp³-hybridized carbons (Fsp3) is 0.786. The Hall–Kier alpha value is -0.440. The van der Waals surface area contributed by atoms with Gasteiger partial charge in [-0.1, -0.05) is 27.2 Å². The molecule has 0 amide bonds. The van der Waals surface area contributed by atoms with Crippen molar-refractivity contribution in [2.45, 2.75) is 58.1 Å². The number of ketones is 1. The van der Waals surface area contributed by atoms with Crippen molar-refractivity contribution in [3.8, 4) is 0 Å². The molecule has 0 bridgehead atoms. The molecule has 3 heteroatoms. The number of aliphatic hydroxyl groups excluding tert-OH is 1. The molecule has 0 aromatic carbocycles. The van der Waals surface area contributed by atoms with Crippen LogP contribution in [0.3, 0.4) is 0 Å². The van der Waals surface area contributed by atoms with Gasteiger partial charge in [0.15, 0.2) is 5.78 Å². The van der Waals surface area contributed by atoms with Crippen LogP contribution in [0.25, 0.3) is 0 Å². The van der Waals surface area contributed by atoms with Gasteiger partial charge < -0.3 is 5.11 Å². The summed E-state index contributed by atoms with van der Waals surface area (Å²) in [5, 5.41) is 10.5. The summed E-state index contributed by atoms with van der Waals surface area (Å²) in [5.74, 6) is 2.00. The van der Waals surface area contributed by atoms with Crippen LogP contribution in [0.1, 0.15) is 52.9 Å². The van der Waals surface area contributed by atoms with E-state index in [0.29, 0.717) is 35.3 Å². The molecule has 1 aliphatic carbocycles. The molecule has 2 atom stereocenters. The molecule has 0 aliphatic heterocycles. The van der Waals surface area contributed by atoms with E-state index in [9.17, 15) is 9.90 Å². The Labute approximate surface area is 109 Å². The second kappa shape index (κ2) is 7.10. The van der Waals surface area contributed by atoms with Gasteiger partial charge in [-0.15, -0.1) is 0 Å². The number of Topliss-reactive ketones (excluding diaryl/α,β-unsaturated/α-hetero) is 1. The first-order chi connectivity index (χ1) is 8.08. The number of carbonyl (C=O) groups is 1. The number of hydrogen-bond acceptors (Lipinski definition) is 3. The minimum absolute atomic E-state index is 0.175. The molecule has 0 radical (unpaired) electrons. The number of carbonyl (C=O) groups excluding carboxylic acids is 1. The average molecular weight is 256 g/mol. The molecular formula is C14H24O2S. The van der Waals surface area contributed by atoms with E-state index in [-0.39, 0.29) is 5.78 Å². The van der Waals surface area contributed by atoms with E-state index in [1.165, 1.54) is 0 Å². The normalized spacial score (nSPS) is 23.0. The predicted molar refractivity (Wildman–Crippen MR) is 74.5 cm³/mol. The van der Waals surface area contributed by atoms with Crippen molar-refractivity contribution in [1.82, 2.24) is 0 Å². The quantitative estimate of drug-likeness (QED) is 0.777. The Bertz CT molecular complexity index is 297. The number of allylic oxidation sites excluding steroid dienone is 2. The largest absolute Gasteiger partial charge is 0.512 e. The molecule has 0 saturated heterocycles. The second-order valence-corrected chi connectivity index (χ2v) is 6.59. The summed E-state index contributed by atoms with van der Waals surface area (Å²) < 4.78 is 0. The van der Waals surface area contributed by atoms with Crippen LogP contribution in [0, 0.1) is 5.92 Å². The smallest absolute Gasteiger partial charge is 0.162 e. The fourth-order valence-corrected chi connectivity index (χ4v) is 3.51. The van der Waals surface area contributed by atoms with Crippen molar-refractivity contribution in [2.75, 3.05) is 5.75 Å². The van der Waals surface area contributed by atoms with Gasteiger partial charge in [0.2, 0.25) is 0 Å². The van der Waals surface area contributed by atoms with Crippen LogP contribution in [-0.2, 0) is 4.79 Å². The fourth-order valence-electron chi connectivity index (χ4n) is 2.54. The van der Waals surface area contributed by atoms with Crippen molar-refractivity contribution in [3.05, 3.63) is 11.3 Å². The summed E-state index contributed by atoms with van der Waals surface area (Å²) in [5.41, 5.74) is 0.694. The first-order valence-corrected chi connectivity index (χ1v) is 7.69. The maximum absolute atomic E-state index is 11.9. The van der Waals surface area contributed by atoms with E-state index in [2.05, 4.69) is 13.8 Å². The van der Waals surface area contributed by atoms with Gasteiger partial charge >= 0.3 is 0 Å². The summed E-state index contributed by atoms with van der Waals surface area (Å²) in [6.45, 7) is 6.41. The molecule has 1 N–H and O–H groups in total. The molecule has 1 aliphatic rings. The van der Waals surface area contributed by atoms with Crippen molar-refractivity contribution < 1.29 is 9.90 Å². The van der Waals surface area contributed by atoms with Crippen LogP contribution in [0.5, 0.6) is 0 Å². The molecule has 1 rings (SSSR count). The van der Waals surface area contributed by atoms with Gasteiger partial charge in [-0.25, -0.2) is 0 Å². The van der Waals surface area contributed by atoms with Crippen molar-refractivity contribution in [1.29, 1.82) is 0 Å². The van der Waals surface area contributed by atoms with Crippen LogP contribution in [0.15, 0.2) is 11.3 Å². The Morgan fingerprint density at radius 3 is 2.65 bits per heavy atom. The van der Waals surface area contributed by atoms with Crippen molar-refractivity contribution >= 4 is 17.5 Å². The van der Waals surface area contributed by atoms with E-state index in [0.717, 1.165) is 25.0 Å². The first kappa shape index (κ1) is 14.6. The second-order valence-electron chi connectivity index (χ2n) is 4.87. The lowest BCUT2D eigenvalue weighted by atomic mass is 9.83. The van der Waals surface area contributed by atoms with E-state index in [4.69, 9.17) is 0 Å². The highest BCUT2D eigenvalue weighted by Crippen LogP contribution is 2.32. The van der Waals surface area contributed by atoms with Gasteiger partial charge in [-0.05, 0) is 24.5 Å².